The fourth-order valence-corrected chi connectivity index (χ4v) is 3.20. The zero-order chi connectivity index (χ0) is 14.5. The zero-order valence-electron chi connectivity index (χ0n) is 11.5. The Morgan fingerprint density at radius 2 is 2.15 bits per heavy atom. The molecule has 0 atom stereocenters. The Balaban J connectivity index is 2.00. The van der Waals surface area contributed by atoms with Gasteiger partial charge in [0.1, 0.15) is 10.0 Å². The van der Waals surface area contributed by atoms with E-state index in [4.69, 9.17) is 11.6 Å². The van der Waals surface area contributed by atoms with E-state index in [0.717, 1.165) is 39.6 Å². The van der Waals surface area contributed by atoms with Crippen LogP contribution in [-0.2, 0) is 6.42 Å². The standard InChI is InChI=1S/C14H17BrClN3S/c1-9(2)8-17-6-5-13-18-19-14(20-13)11-7-10(15)3-4-12(11)16/h3-4,7,9,17H,5-6,8H2,1-2H3. The lowest BCUT2D eigenvalue weighted by Gasteiger charge is -2.05. The van der Waals surface area contributed by atoms with Crippen LogP contribution in [0.15, 0.2) is 22.7 Å². The largest absolute Gasteiger partial charge is 0.316 e. The molecule has 0 aliphatic rings. The molecular formula is C14H17BrClN3S. The number of halogens is 2. The monoisotopic (exact) mass is 373 g/mol. The summed E-state index contributed by atoms with van der Waals surface area (Å²) >= 11 is 11.3. The Kier molecular flexibility index (Phi) is 5.96. The van der Waals surface area contributed by atoms with Gasteiger partial charge >= 0.3 is 0 Å². The van der Waals surface area contributed by atoms with E-state index in [1.165, 1.54) is 0 Å². The molecule has 1 heterocycles. The number of aromatic nitrogens is 2. The lowest BCUT2D eigenvalue weighted by molar-refractivity contribution is 0.553. The Morgan fingerprint density at radius 1 is 1.35 bits per heavy atom. The van der Waals surface area contributed by atoms with Crippen LogP contribution >= 0.6 is 38.9 Å². The molecule has 1 aromatic carbocycles. The van der Waals surface area contributed by atoms with Gasteiger partial charge in [-0.1, -0.05) is 52.7 Å². The predicted octanol–water partition coefficient (Wildman–Crippen LogP) is 4.41. The first kappa shape index (κ1) is 15.9. The first-order valence-corrected chi connectivity index (χ1v) is 8.53. The number of rotatable bonds is 6. The fraction of sp³-hybridized carbons (Fsp3) is 0.429. The highest BCUT2D eigenvalue weighted by molar-refractivity contribution is 9.10. The summed E-state index contributed by atoms with van der Waals surface area (Å²) in [6.07, 6.45) is 0.899. The summed E-state index contributed by atoms with van der Waals surface area (Å²) in [6, 6.07) is 5.76. The van der Waals surface area contributed by atoms with Gasteiger partial charge in [-0.05, 0) is 30.7 Å². The molecule has 20 heavy (non-hydrogen) atoms. The third kappa shape index (κ3) is 4.52. The third-order valence-corrected chi connectivity index (χ3v) is 4.53. The van der Waals surface area contributed by atoms with Crippen molar-refractivity contribution in [2.45, 2.75) is 20.3 Å². The first-order valence-electron chi connectivity index (χ1n) is 6.55. The Labute approximate surface area is 136 Å². The summed E-state index contributed by atoms with van der Waals surface area (Å²) in [7, 11) is 0. The number of nitrogens with zero attached hydrogens (tertiary/aromatic N) is 2. The maximum absolute atomic E-state index is 6.21. The van der Waals surface area contributed by atoms with Crippen LogP contribution in [0.4, 0.5) is 0 Å². The molecule has 108 valence electrons. The minimum absolute atomic E-state index is 0.667. The van der Waals surface area contributed by atoms with Gasteiger partial charge in [-0.15, -0.1) is 10.2 Å². The van der Waals surface area contributed by atoms with Crippen LogP contribution in [0.25, 0.3) is 10.6 Å². The summed E-state index contributed by atoms with van der Waals surface area (Å²) < 4.78 is 0.993. The second kappa shape index (κ2) is 7.50. The van der Waals surface area contributed by atoms with Crippen LogP contribution in [0.5, 0.6) is 0 Å². The maximum atomic E-state index is 6.21. The lowest BCUT2D eigenvalue weighted by atomic mass is 10.2. The summed E-state index contributed by atoms with van der Waals surface area (Å²) in [6.45, 7) is 6.36. The van der Waals surface area contributed by atoms with E-state index in [-0.39, 0.29) is 0 Å². The molecular weight excluding hydrogens is 358 g/mol. The van der Waals surface area contributed by atoms with Crippen molar-refractivity contribution in [3.63, 3.8) is 0 Å². The molecule has 0 amide bonds. The molecule has 0 radical (unpaired) electrons. The summed E-state index contributed by atoms with van der Waals surface area (Å²) in [5, 5.41) is 14.5. The van der Waals surface area contributed by atoms with Gasteiger partial charge < -0.3 is 5.32 Å². The SMILES string of the molecule is CC(C)CNCCc1nnc(-c2cc(Br)ccc2Cl)s1. The van der Waals surface area contributed by atoms with Gasteiger partial charge in [0.25, 0.3) is 0 Å². The van der Waals surface area contributed by atoms with Crippen molar-refractivity contribution in [3.8, 4) is 10.6 Å². The average Bonchev–Trinajstić information content (AvgIpc) is 2.86. The molecule has 0 bridgehead atoms. The van der Waals surface area contributed by atoms with Gasteiger partial charge in [0.15, 0.2) is 0 Å². The Hall–Kier alpha value is -0.490. The molecule has 0 unspecified atom stereocenters. The topological polar surface area (TPSA) is 37.8 Å². The van der Waals surface area contributed by atoms with E-state index >= 15 is 0 Å². The van der Waals surface area contributed by atoms with E-state index in [2.05, 4.69) is 45.3 Å². The van der Waals surface area contributed by atoms with E-state index in [0.29, 0.717) is 10.9 Å². The molecule has 6 heteroatoms. The highest BCUT2D eigenvalue weighted by Crippen LogP contribution is 2.32. The minimum atomic E-state index is 0.667. The van der Waals surface area contributed by atoms with Gasteiger partial charge in [0.05, 0.1) is 5.02 Å². The summed E-state index contributed by atoms with van der Waals surface area (Å²) in [5.41, 5.74) is 0.930. The second-order valence-electron chi connectivity index (χ2n) is 4.97. The highest BCUT2D eigenvalue weighted by atomic mass is 79.9. The fourth-order valence-electron chi connectivity index (χ4n) is 1.71. The molecule has 0 aliphatic carbocycles. The van der Waals surface area contributed by atoms with E-state index in [1.54, 1.807) is 11.3 Å². The van der Waals surface area contributed by atoms with Gasteiger partial charge in [-0.3, -0.25) is 0 Å². The zero-order valence-corrected chi connectivity index (χ0v) is 14.6. The molecule has 1 N–H and O–H groups in total. The van der Waals surface area contributed by atoms with Crippen LogP contribution < -0.4 is 5.32 Å². The van der Waals surface area contributed by atoms with Crippen LogP contribution in [0.1, 0.15) is 18.9 Å². The van der Waals surface area contributed by atoms with Crippen molar-refractivity contribution >= 4 is 38.9 Å². The van der Waals surface area contributed by atoms with Crippen molar-refractivity contribution in [1.29, 1.82) is 0 Å². The second-order valence-corrected chi connectivity index (χ2v) is 7.36. The highest BCUT2D eigenvalue weighted by Gasteiger charge is 2.10. The van der Waals surface area contributed by atoms with Crippen LogP contribution in [0, 0.1) is 5.92 Å². The predicted molar refractivity (Wildman–Crippen MR) is 89.5 cm³/mol. The van der Waals surface area contributed by atoms with Crippen molar-refractivity contribution in [1.82, 2.24) is 15.5 Å². The van der Waals surface area contributed by atoms with Gasteiger partial charge in [-0.2, -0.15) is 0 Å². The molecule has 2 aromatic rings. The normalized spacial score (nSPS) is 11.2. The molecule has 0 spiro atoms. The lowest BCUT2D eigenvalue weighted by Crippen LogP contribution is -2.22. The smallest absolute Gasteiger partial charge is 0.149 e. The minimum Gasteiger partial charge on any atom is -0.316 e. The summed E-state index contributed by atoms with van der Waals surface area (Å²) in [4.78, 5) is 0. The molecule has 0 saturated heterocycles. The van der Waals surface area contributed by atoms with Gasteiger partial charge in [0, 0.05) is 23.0 Å². The molecule has 1 aromatic heterocycles. The molecule has 0 aliphatic heterocycles. The maximum Gasteiger partial charge on any atom is 0.149 e. The Bertz CT molecular complexity index is 571. The van der Waals surface area contributed by atoms with Crippen molar-refractivity contribution < 1.29 is 0 Å². The van der Waals surface area contributed by atoms with Crippen molar-refractivity contribution in [2.24, 2.45) is 5.92 Å². The molecule has 0 saturated carbocycles. The number of hydrogen-bond acceptors (Lipinski definition) is 4. The molecule has 0 fully saturated rings. The number of benzene rings is 1. The van der Waals surface area contributed by atoms with Crippen LogP contribution in [0.3, 0.4) is 0 Å². The van der Waals surface area contributed by atoms with Gasteiger partial charge in [0.2, 0.25) is 0 Å². The summed E-state index contributed by atoms with van der Waals surface area (Å²) in [5.74, 6) is 0.667. The molecule has 2 rings (SSSR count). The van der Waals surface area contributed by atoms with Crippen LogP contribution in [0.2, 0.25) is 5.02 Å². The van der Waals surface area contributed by atoms with E-state index in [1.807, 2.05) is 18.2 Å². The average molecular weight is 375 g/mol. The molecule has 3 nitrogen and oxygen atoms in total. The quantitative estimate of drug-likeness (QED) is 0.761. The van der Waals surface area contributed by atoms with Gasteiger partial charge in [-0.25, -0.2) is 0 Å². The van der Waals surface area contributed by atoms with Crippen molar-refractivity contribution in [2.75, 3.05) is 13.1 Å². The number of hydrogen-bond donors (Lipinski definition) is 1. The first-order chi connectivity index (χ1) is 9.56. The Morgan fingerprint density at radius 3 is 2.90 bits per heavy atom. The van der Waals surface area contributed by atoms with E-state index < -0.39 is 0 Å². The third-order valence-electron chi connectivity index (χ3n) is 2.69. The van der Waals surface area contributed by atoms with Crippen LogP contribution in [-0.4, -0.2) is 23.3 Å². The van der Waals surface area contributed by atoms with E-state index in [9.17, 15) is 0 Å². The van der Waals surface area contributed by atoms with Crippen molar-refractivity contribution in [3.05, 3.63) is 32.7 Å². The number of nitrogens with one attached hydrogen (secondary N) is 1.